The molecule has 1 N–H and O–H groups in total. The minimum absolute atomic E-state index is 0.788. The summed E-state index contributed by atoms with van der Waals surface area (Å²) in [5, 5.41) is 3.16. The van der Waals surface area contributed by atoms with Gasteiger partial charge in [0.2, 0.25) is 0 Å². The Morgan fingerprint density at radius 1 is 1.39 bits per heavy atom. The van der Waals surface area contributed by atoms with Crippen LogP contribution in [0.15, 0.2) is 22.7 Å². The van der Waals surface area contributed by atoms with Gasteiger partial charge in [0.25, 0.3) is 0 Å². The number of benzene rings is 1. The van der Waals surface area contributed by atoms with E-state index in [9.17, 15) is 0 Å². The first-order chi connectivity index (χ1) is 8.67. The second kappa shape index (κ2) is 8.64. The van der Waals surface area contributed by atoms with Crippen molar-refractivity contribution in [2.45, 2.75) is 20.0 Å². The number of halogens is 1. The van der Waals surface area contributed by atoms with E-state index in [-0.39, 0.29) is 0 Å². The molecule has 0 heterocycles. The maximum Gasteiger partial charge on any atom is 0.0593 e. The molecule has 1 aromatic carbocycles. The molecule has 0 fully saturated rings. The summed E-state index contributed by atoms with van der Waals surface area (Å²) in [5.74, 6) is 0. The Bertz CT molecular complexity index is 358. The molecule has 1 aromatic rings. The molecule has 0 atom stereocenters. The van der Waals surface area contributed by atoms with Gasteiger partial charge in [0.15, 0.2) is 0 Å². The number of likely N-dealkylation sites (N-methyl/N-ethyl adjacent to an activating group) is 1. The van der Waals surface area contributed by atoms with E-state index in [1.54, 1.807) is 0 Å². The van der Waals surface area contributed by atoms with Crippen molar-refractivity contribution in [3.05, 3.63) is 33.8 Å². The summed E-state index contributed by atoms with van der Waals surface area (Å²) in [6.07, 6.45) is 0. The predicted molar refractivity (Wildman–Crippen MR) is 79.7 cm³/mol. The minimum atomic E-state index is 0.788. The molecule has 18 heavy (non-hydrogen) atoms. The van der Waals surface area contributed by atoms with Crippen molar-refractivity contribution in [3.63, 3.8) is 0 Å². The summed E-state index contributed by atoms with van der Waals surface area (Å²) in [6, 6.07) is 6.54. The van der Waals surface area contributed by atoms with Gasteiger partial charge in [-0.3, -0.25) is 4.90 Å². The lowest BCUT2D eigenvalue weighted by molar-refractivity contribution is 0.120. The van der Waals surface area contributed by atoms with E-state index in [1.807, 2.05) is 14.0 Å². The Hall–Kier alpha value is -0.420. The van der Waals surface area contributed by atoms with Gasteiger partial charge in [-0.1, -0.05) is 28.1 Å². The standard InChI is InChI=1S/C14H23BrN2O/c1-4-18-8-7-17(3)11-13-6-5-12(10-16-2)9-14(13)15/h5-6,9,16H,4,7-8,10-11H2,1-3H3. The van der Waals surface area contributed by atoms with Crippen molar-refractivity contribution < 1.29 is 4.74 Å². The first-order valence-corrected chi connectivity index (χ1v) is 7.14. The van der Waals surface area contributed by atoms with Gasteiger partial charge in [0.1, 0.15) is 0 Å². The molecule has 0 aliphatic rings. The third-order valence-corrected chi connectivity index (χ3v) is 3.50. The summed E-state index contributed by atoms with van der Waals surface area (Å²) in [5.41, 5.74) is 2.61. The Kier molecular flexibility index (Phi) is 7.51. The zero-order valence-electron chi connectivity index (χ0n) is 11.5. The normalized spacial score (nSPS) is 11.2. The fourth-order valence-electron chi connectivity index (χ4n) is 1.77. The quantitative estimate of drug-likeness (QED) is 0.747. The van der Waals surface area contributed by atoms with Gasteiger partial charge in [-0.25, -0.2) is 0 Å². The Morgan fingerprint density at radius 2 is 2.17 bits per heavy atom. The minimum Gasteiger partial charge on any atom is -0.380 e. The summed E-state index contributed by atoms with van der Waals surface area (Å²) in [7, 11) is 4.08. The highest BCUT2D eigenvalue weighted by molar-refractivity contribution is 9.10. The van der Waals surface area contributed by atoms with Crippen LogP contribution in [0.1, 0.15) is 18.1 Å². The van der Waals surface area contributed by atoms with Crippen molar-refractivity contribution in [1.29, 1.82) is 0 Å². The highest BCUT2D eigenvalue weighted by Crippen LogP contribution is 2.20. The second-order valence-electron chi connectivity index (χ2n) is 4.39. The van der Waals surface area contributed by atoms with Gasteiger partial charge in [-0.15, -0.1) is 0 Å². The largest absolute Gasteiger partial charge is 0.380 e. The zero-order valence-corrected chi connectivity index (χ0v) is 13.1. The van der Waals surface area contributed by atoms with Gasteiger partial charge >= 0.3 is 0 Å². The van der Waals surface area contributed by atoms with E-state index in [0.29, 0.717) is 0 Å². The lowest BCUT2D eigenvalue weighted by Gasteiger charge is -2.17. The second-order valence-corrected chi connectivity index (χ2v) is 5.25. The molecular weight excluding hydrogens is 292 g/mol. The molecule has 0 amide bonds. The van der Waals surface area contributed by atoms with Crippen LogP contribution >= 0.6 is 15.9 Å². The zero-order chi connectivity index (χ0) is 13.4. The molecule has 102 valence electrons. The maximum atomic E-state index is 5.36. The fourth-order valence-corrected chi connectivity index (χ4v) is 2.32. The van der Waals surface area contributed by atoms with E-state index < -0.39 is 0 Å². The first-order valence-electron chi connectivity index (χ1n) is 6.35. The van der Waals surface area contributed by atoms with Crippen LogP contribution in [0.25, 0.3) is 0 Å². The third kappa shape index (κ3) is 5.48. The molecule has 0 aliphatic carbocycles. The van der Waals surface area contributed by atoms with Crippen molar-refractivity contribution >= 4 is 15.9 Å². The molecule has 0 radical (unpaired) electrons. The van der Waals surface area contributed by atoms with Crippen LogP contribution in [0.5, 0.6) is 0 Å². The average molecular weight is 315 g/mol. The van der Waals surface area contributed by atoms with Crippen molar-refractivity contribution in [3.8, 4) is 0 Å². The summed E-state index contributed by atoms with van der Waals surface area (Å²) in [6.45, 7) is 6.40. The average Bonchev–Trinajstić information content (AvgIpc) is 2.33. The smallest absolute Gasteiger partial charge is 0.0593 e. The SMILES string of the molecule is CCOCCN(C)Cc1ccc(CNC)cc1Br. The Balaban J connectivity index is 2.51. The number of nitrogens with zero attached hydrogens (tertiary/aromatic N) is 1. The first kappa shape index (κ1) is 15.6. The van der Waals surface area contributed by atoms with Gasteiger partial charge in [0, 0.05) is 30.7 Å². The monoisotopic (exact) mass is 314 g/mol. The molecule has 0 aromatic heterocycles. The van der Waals surface area contributed by atoms with Crippen molar-refractivity contribution in [2.24, 2.45) is 0 Å². The molecule has 0 unspecified atom stereocenters. The third-order valence-electron chi connectivity index (χ3n) is 2.76. The van der Waals surface area contributed by atoms with Gasteiger partial charge in [-0.05, 0) is 38.2 Å². The van der Waals surface area contributed by atoms with Crippen LogP contribution in [-0.2, 0) is 17.8 Å². The van der Waals surface area contributed by atoms with Gasteiger partial charge in [0.05, 0.1) is 6.61 Å². The molecule has 0 bridgehead atoms. The topological polar surface area (TPSA) is 24.5 Å². The van der Waals surface area contributed by atoms with Gasteiger partial charge in [-0.2, -0.15) is 0 Å². The van der Waals surface area contributed by atoms with Crippen LogP contribution in [0, 0.1) is 0 Å². The van der Waals surface area contributed by atoms with E-state index in [0.717, 1.165) is 32.8 Å². The molecule has 0 aliphatic heterocycles. The van der Waals surface area contributed by atoms with Crippen LogP contribution in [0.2, 0.25) is 0 Å². The van der Waals surface area contributed by atoms with Gasteiger partial charge < -0.3 is 10.1 Å². The van der Waals surface area contributed by atoms with Crippen LogP contribution < -0.4 is 5.32 Å². The molecule has 0 spiro atoms. The Morgan fingerprint density at radius 3 is 2.78 bits per heavy atom. The van der Waals surface area contributed by atoms with Crippen LogP contribution in [-0.4, -0.2) is 38.8 Å². The van der Waals surface area contributed by atoms with Crippen LogP contribution in [0.3, 0.4) is 0 Å². The van der Waals surface area contributed by atoms with E-state index in [4.69, 9.17) is 4.74 Å². The lowest BCUT2D eigenvalue weighted by Crippen LogP contribution is -2.23. The van der Waals surface area contributed by atoms with E-state index in [1.165, 1.54) is 15.6 Å². The highest BCUT2D eigenvalue weighted by Gasteiger charge is 2.05. The predicted octanol–water partition coefficient (Wildman–Crippen LogP) is 2.64. The maximum absolute atomic E-state index is 5.36. The summed E-state index contributed by atoms with van der Waals surface area (Å²) >= 11 is 3.64. The number of rotatable bonds is 8. The molecule has 3 nitrogen and oxygen atoms in total. The molecule has 0 saturated heterocycles. The Labute approximate surface area is 119 Å². The fraction of sp³-hybridized carbons (Fsp3) is 0.571. The number of hydrogen-bond acceptors (Lipinski definition) is 3. The number of hydrogen-bond donors (Lipinski definition) is 1. The number of ether oxygens (including phenoxy) is 1. The molecular formula is C14H23BrN2O. The number of nitrogens with one attached hydrogen (secondary N) is 1. The van der Waals surface area contributed by atoms with Crippen molar-refractivity contribution in [2.75, 3.05) is 33.9 Å². The molecule has 0 saturated carbocycles. The van der Waals surface area contributed by atoms with E-state index in [2.05, 4.69) is 51.4 Å². The highest BCUT2D eigenvalue weighted by atomic mass is 79.9. The van der Waals surface area contributed by atoms with Crippen LogP contribution in [0.4, 0.5) is 0 Å². The molecule has 1 rings (SSSR count). The lowest BCUT2D eigenvalue weighted by atomic mass is 10.1. The molecule has 4 heteroatoms. The summed E-state index contributed by atoms with van der Waals surface area (Å²) < 4.78 is 6.54. The van der Waals surface area contributed by atoms with Crippen molar-refractivity contribution in [1.82, 2.24) is 10.2 Å². The van der Waals surface area contributed by atoms with E-state index >= 15 is 0 Å². The summed E-state index contributed by atoms with van der Waals surface area (Å²) in [4.78, 5) is 2.27.